The molecular weight excluding hydrogens is 392 g/mol. The van der Waals surface area contributed by atoms with Crippen molar-refractivity contribution in [2.45, 2.75) is 43.9 Å². The van der Waals surface area contributed by atoms with Crippen LogP contribution in [0.2, 0.25) is 0 Å². The Morgan fingerprint density at radius 1 is 1.11 bits per heavy atom. The summed E-state index contributed by atoms with van der Waals surface area (Å²) in [6.45, 7) is 5.86. The normalized spacial score (nSPS) is 16.9. The van der Waals surface area contributed by atoms with Crippen LogP contribution in [0.4, 0.5) is 0 Å². The van der Waals surface area contributed by atoms with Gasteiger partial charge in [-0.1, -0.05) is 32.0 Å². The van der Waals surface area contributed by atoms with Gasteiger partial charge in [-0.2, -0.15) is 4.31 Å². The van der Waals surface area contributed by atoms with Crippen LogP contribution in [-0.2, 0) is 21.2 Å². The largest absolute Gasteiger partial charge is 0.340 e. The molecular formula is C21H28N2O3S2. The molecule has 1 aliphatic heterocycles. The average Bonchev–Trinajstić information content (AvgIpc) is 3.25. The monoisotopic (exact) mass is 420 g/mol. The molecule has 1 atom stereocenters. The number of nitrogens with zero attached hydrogens (tertiary/aromatic N) is 2. The summed E-state index contributed by atoms with van der Waals surface area (Å²) in [6.07, 6.45) is 2.25. The number of hydrogen-bond donors (Lipinski definition) is 0. The van der Waals surface area contributed by atoms with E-state index in [0.29, 0.717) is 43.4 Å². The van der Waals surface area contributed by atoms with Crippen molar-refractivity contribution in [3.8, 4) is 0 Å². The van der Waals surface area contributed by atoms with E-state index < -0.39 is 10.0 Å². The summed E-state index contributed by atoms with van der Waals surface area (Å²) in [6, 6.07) is 11.3. The van der Waals surface area contributed by atoms with E-state index in [1.54, 1.807) is 28.4 Å². The minimum absolute atomic E-state index is 0.100. The molecule has 0 aliphatic carbocycles. The molecule has 1 aromatic heterocycles. The highest BCUT2D eigenvalue weighted by Crippen LogP contribution is 2.23. The number of carbonyl (C=O) groups is 1. The first-order valence-electron chi connectivity index (χ1n) is 9.82. The lowest BCUT2D eigenvalue weighted by Crippen LogP contribution is -2.50. The topological polar surface area (TPSA) is 57.7 Å². The molecule has 0 saturated carbocycles. The third kappa shape index (κ3) is 4.82. The summed E-state index contributed by atoms with van der Waals surface area (Å²) < 4.78 is 27.3. The van der Waals surface area contributed by atoms with Crippen molar-refractivity contribution in [1.29, 1.82) is 0 Å². The molecule has 1 fully saturated rings. The number of amides is 1. The van der Waals surface area contributed by atoms with Crippen LogP contribution in [0.25, 0.3) is 0 Å². The fraction of sp³-hybridized carbons (Fsp3) is 0.476. The maximum absolute atomic E-state index is 12.9. The van der Waals surface area contributed by atoms with Crippen LogP contribution in [0, 0.1) is 0 Å². The van der Waals surface area contributed by atoms with Crippen LogP contribution in [0.1, 0.15) is 43.0 Å². The number of piperazine rings is 1. The Balaban J connectivity index is 1.56. The average molecular weight is 421 g/mol. The quantitative estimate of drug-likeness (QED) is 0.686. The van der Waals surface area contributed by atoms with Gasteiger partial charge in [-0.3, -0.25) is 4.79 Å². The van der Waals surface area contributed by atoms with E-state index >= 15 is 0 Å². The Morgan fingerprint density at radius 3 is 2.36 bits per heavy atom. The minimum Gasteiger partial charge on any atom is -0.340 e. The van der Waals surface area contributed by atoms with E-state index in [0.717, 1.165) is 18.4 Å². The van der Waals surface area contributed by atoms with Gasteiger partial charge in [0.2, 0.25) is 15.9 Å². The number of rotatable bonds is 7. The molecule has 1 aliphatic rings. The third-order valence-corrected chi connectivity index (χ3v) is 8.31. The zero-order chi connectivity index (χ0) is 20.1. The second kappa shape index (κ2) is 9.20. The molecule has 1 aromatic carbocycles. The highest BCUT2D eigenvalue weighted by atomic mass is 32.2. The van der Waals surface area contributed by atoms with Crippen molar-refractivity contribution < 1.29 is 13.2 Å². The van der Waals surface area contributed by atoms with Gasteiger partial charge in [0, 0.05) is 37.5 Å². The lowest BCUT2D eigenvalue weighted by Gasteiger charge is -2.34. The number of thiophene rings is 1. The van der Waals surface area contributed by atoms with Crippen LogP contribution < -0.4 is 0 Å². The van der Waals surface area contributed by atoms with Gasteiger partial charge in [-0.15, -0.1) is 11.3 Å². The van der Waals surface area contributed by atoms with Gasteiger partial charge in [0.1, 0.15) is 0 Å². The Hall–Kier alpha value is -1.70. The molecule has 2 heterocycles. The minimum atomic E-state index is -3.51. The number of carbonyl (C=O) groups excluding carboxylic acids is 1. The van der Waals surface area contributed by atoms with Crippen molar-refractivity contribution >= 4 is 27.3 Å². The molecule has 1 saturated heterocycles. The maximum atomic E-state index is 12.9. The zero-order valence-corrected chi connectivity index (χ0v) is 18.1. The standard InChI is InChI=1S/C21H28N2O3S2/c1-3-17(2)18-6-9-20(10-7-18)28(25,26)23-14-12-22(13-15-23)21(24)11-8-19-5-4-16-27-19/h4-7,9-10,16-17H,3,8,11-15H2,1-2H3/t17-/m0/s1. The Kier molecular flexibility index (Phi) is 6.91. The van der Waals surface area contributed by atoms with E-state index in [2.05, 4.69) is 13.8 Å². The summed E-state index contributed by atoms with van der Waals surface area (Å²) >= 11 is 1.66. The fourth-order valence-electron chi connectivity index (χ4n) is 3.37. The molecule has 0 radical (unpaired) electrons. The molecule has 0 bridgehead atoms. The SMILES string of the molecule is CC[C@H](C)c1ccc(S(=O)(=O)N2CCN(C(=O)CCc3cccs3)CC2)cc1. The van der Waals surface area contributed by atoms with Gasteiger partial charge in [0.05, 0.1) is 4.90 Å². The van der Waals surface area contributed by atoms with E-state index in [1.165, 1.54) is 9.18 Å². The van der Waals surface area contributed by atoms with Gasteiger partial charge < -0.3 is 4.90 Å². The summed E-state index contributed by atoms with van der Waals surface area (Å²) in [5.74, 6) is 0.517. The molecule has 0 spiro atoms. The van der Waals surface area contributed by atoms with Gasteiger partial charge in [-0.25, -0.2) is 8.42 Å². The van der Waals surface area contributed by atoms with E-state index in [-0.39, 0.29) is 5.91 Å². The number of sulfonamides is 1. The third-order valence-electron chi connectivity index (χ3n) is 5.46. The summed E-state index contributed by atoms with van der Waals surface area (Å²) in [5, 5.41) is 2.01. The molecule has 5 nitrogen and oxygen atoms in total. The van der Waals surface area contributed by atoms with Crippen LogP contribution >= 0.6 is 11.3 Å². The molecule has 2 aromatic rings. The summed E-state index contributed by atoms with van der Waals surface area (Å²) in [7, 11) is -3.51. The second-order valence-corrected chi connectivity index (χ2v) is 10.2. The van der Waals surface area contributed by atoms with Crippen LogP contribution in [-0.4, -0.2) is 49.7 Å². The molecule has 152 valence electrons. The zero-order valence-electron chi connectivity index (χ0n) is 16.5. The highest BCUT2D eigenvalue weighted by molar-refractivity contribution is 7.89. The number of hydrogen-bond acceptors (Lipinski definition) is 4. The predicted molar refractivity (Wildman–Crippen MR) is 113 cm³/mol. The van der Waals surface area contributed by atoms with Crippen molar-refractivity contribution in [3.63, 3.8) is 0 Å². The first kappa shape index (κ1) is 21.0. The Labute approximate surface area is 172 Å². The van der Waals surface area contributed by atoms with Gasteiger partial charge >= 0.3 is 0 Å². The van der Waals surface area contributed by atoms with Crippen molar-refractivity contribution in [2.75, 3.05) is 26.2 Å². The Morgan fingerprint density at radius 2 is 1.79 bits per heavy atom. The second-order valence-electron chi connectivity index (χ2n) is 7.24. The van der Waals surface area contributed by atoms with Crippen LogP contribution in [0.15, 0.2) is 46.7 Å². The Bertz CT molecular complexity index is 869. The molecule has 1 amide bonds. The van der Waals surface area contributed by atoms with Crippen molar-refractivity contribution in [1.82, 2.24) is 9.21 Å². The summed E-state index contributed by atoms with van der Waals surface area (Å²) in [4.78, 5) is 15.7. The van der Waals surface area contributed by atoms with Crippen LogP contribution in [0.3, 0.4) is 0 Å². The number of aryl methyl sites for hydroxylation is 1. The van der Waals surface area contributed by atoms with Crippen LogP contribution in [0.5, 0.6) is 0 Å². The lowest BCUT2D eigenvalue weighted by atomic mass is 9.99. The molecule has 7 heteroatoms. The maximum Gasteiger partial charge on any atom is 0.243 e. The lowest BCUT2D eigenvalue weighted by molar-refractivity contribution is -0.132. The van der Waals surface area contributed by atoms with Crippen molar-refractivity contribution in [2.24, 2.45) is 0 Å². The molecule has 3 rings (SSSR count). The highest BCUT2D eigenvalue weighted by Gasteiger charge is 2.30. The van der Waals surface area contributed by atoms with Gasteiger partial charge in [-0.05, 0) is 47.9 Å². The van der Waals surface area contributed by atoms with Gasteiger partial charge in [0.15, 0.2) is 0 Å². The predicted octanol–water partition coefficient (Wildman–Crippen LogP) is 3.73. The molecule has 0 N–H and O–H groups in total. The molecule has 28 heavy (non-hydrogen) atoms. The summed E-state index contributed by atoms with van der Waals surface area (Å²) in [5.41, 5.74) is 1.16. The van der Waals surface area contributed by atoms with E-state index in [4.69, 9.17) is 0 Å². The first-order chi connectivity index (χ1) is 13.4. The fourth-order valence-corrected chi connectivity index (χ4v) is 5.51. The van der Waals surface area contributed by atoms with E-state index in [1.807, 2.05) is 29.6 Å². The molecule has 0 unspecified atom stereocenters. The van der Waals surface area contributed by atoms with Crippen molar-refractivity contribution in [3.05, 3.63) is 52.2 Å². The van der Waals surface area contributed by atoms with Gasteiger partial charge in [0.25, 0.3) is 0 Å². The first-order valence-corrected chi connectivity index (χ1v) is 12.1. The van der Waals surface area contributed by atoms with E-state index in [9.17, 15) is 13.2 Å². The smallest absolute Gasteiger partial charge is 0.243 e. The number of benzene rings is 1.